The van der Waals surface area contributed by atoms with E-state index in [-0.39, 0.29) is 12.3 Å². The molecule has 2 unspecified atom stereocenters. The first-order valence-corrected chi connectivity index (χ1v) is 4.62. The van der Waals surface area contributed by atoms with Crippen LogP contribution in [0.25, 0.3) is 0 Å². The van der Waals surface area contributed by atoms with Crippen molar-refractivity contribution in [1.82, 2.24) is 0 Å². The predicted octanol–water partition coefficient (Wildman–Crippen LogP) is 0.975. The maximum absolute atomic E-state index is 12.4. The van der Waals surface area contributed by atoms with Crippen LogP contribution < -0.4 is 4.99 Å². The second-order valence-corrected chi connectivity index (χ2v) is 3.62. The Bertz CT molecular complexity index is 312. The molecule has 1 aliphatic carbocycles. The minimum atomic E-state index is -4.13. The molecule has 2 rings (SSSR count). The summed E-state index contributed by atoms with van der Waals surface area (Å²) in [6, 6.07) is -1.37. The summed E-state index contributed by atoms with van der Waals surface area (Å²) in [5.41, 5.74) is 0.695. The molecule has 0 aromatic rings. The zero-order valence-corrected chi connectivity index (χ0v) is 7.51. The fourth-order valence-electron chi connectivity index (χ4n) is 1.86. The summed E-state index contributed by atoms with van der Waals surface area (Å²) < 4.78 is 37.1. The Morgan fingerprint density at radius 1 is 1.21 bits per heavy atom. The van der Waals surface area contributed by atoms with Crippen molar-refractivity contribution >= 4 is 5.71 Å². The number of halogens is 3. The van der Waals surface area contributed by atoms with Gasteiger partial charge in [-0.05, 0) is 6.42 Å². The van der Waals surface area contributed by atoms with Crippen LogP contribution in [0.4, 0.5) is 13.2 Å². The molecule has 2 atom stereocenters. The summed E-state index contributed by atoms with van der Waals surface area (Å²) in [7, 11) is 0. The molecule has 0 amide bonds. The number of allylic oxidation sites excluding steroid dienone is 4. The van der Waals surface area contributed by atoms with Gasteiger partial charge in [0.2, 0.25) is 6.04 Å². The summed E-state index contributed by atoms with van der Waals surface area (Å²) in [6.07, 6.45) is 3.91. The molecule has 0 spiro atoms. The van der Waals surface area contributed by atoms with Crippen molar-refractivity contribution in [3.63, 3.8) is 0 Å². The van der Waals surface area contributed by atoms with Crippen molar-refractivity contribution in [2.24, 2.45) is 5.92 Å². The molecule has 1 aliphatic heterocycles. The number of alkyl halides is 3. The minimum absolute atomic E-state index is 0.151. The molecule has 14 heavy (non-hydrogen) atoms. The van der Waals surface area contributed by atoms with Gasteiger partial charge in [0, 0.05) is 12.5 Å². The van der Waals surface area contributed by atoms with E-state index in [0.29, 0.717) is 12.1 Å². The highest BCUT2D eigenvalue weighted by molar-refractivity contribution is 5.94. The van der Waals surface area contributed by atoms with Crippen molar-refractivity contribution in [2.75, 3.05) is 0 Å². The maximum atomic E-state index is 12.4. The fraction of sp³-hybridized carbons (Fsp3) is 0.500. The van der Waals surface area contributed by atoms with Crippen LogP contribution in [0.2, 0.25) is 0 Å². The largest absolute Gasteiger partial charge is 0.451 e. The van der Waals surface area contributed by atoms with Crippen LogP contribution >= 0.6 is 0 Å². The molecule has 4 heteroatoms. The second kappa shape index (κ2) is 3.26. The van der Waals surface area contributed by atoms with Crippen LogP contribution in [0.1, 0.15) is 12.8 Å². The van der Waals surface area contributed by atoms with E-state index in [9.17, 15) is 13.2 Å². The Kier molecular flexibility index (Phi) is 2.21. The summed E-state index contributed by atoms with van der Waals surface area (Å²) in [5.74, 6) is 0.151. The van der Waals surface area contributed by atoms with Gasteiger partial charge >= 0.3 is 6.18 Å². The molecular weight excluding hydrogens is 191 g/mol. The second-order valence-electron chi connectivity index (χ2n) is 3.62. The van der Waals surface area contributed by atoms with Gasteiger partial charge in [0.25, 0.3) is 0 Å². The third-order valence-corrected chi connectivity index (χ3v) is 2.63. The van der Waals surface area contributed by atoms with E-state index in [1.54, 1.807) is 12.2 Å². The van der Waals surface area contributed by atoms with E-state index in [1.165, 1.54) is 0 Å². The lowest BCUT2D eigenvalue weighted by Gasteiger charge is -2.21. The summed E-state index contributed by atoms with van der Waals surface area (Å²) in [5, 5.41) is 0. The molecule has 0 radical (unpaired) electrons. The summed E-state index contributed by atoms with van der Waals surface area (Å²) in [6.45, 7) is 0. The molecule has 1 nitrogen and oxygen atoms in total. The molecule has 0 aromatic heterocycles. The van der Waals surface area contributed by atoms with E-state index >= 15 is 0 Å². The Morgan fingerprint density at radius 2 is 2.00 bits per heavy atom. The highest BCUT2D eigenvalue weighted by Crippen LogP contribution is 2.25. The van der Waals surface area contributed by atoms with Crippen LogP contribution in [-0.2, 0) is 0 Å². The van der Waals surface area contributed by atoms with Gasteiger partial charge in [0.05, 0.1) is 5.92 Å². The lowest BCUT2D eigenvalue weighted by Crippen LogP contribution is -2.86. The van der Waals surface area contributed by atoms with Crippen molar-refractivity contribution in [2.45, 2.75) is 25.1 Å². The summed E-state index contributed by atoms with van der Waals surface area (Å²) in [4.78, 5) is 2.55. The first-order valence-electron chi connectivity index (χ1n) is 4.62. The van der Waals surface area contributed by atoms with Crippen LogP contribution in [0.3, 0.4) is 0 Å². The van der Waals surface area contributed by atoms with Crippen molar-refractivity contribution in [3.05, 3.63) is 24.3 Å². The molecule has 0 bridgehead atoms. The number of hydrogen-bond acceptors (Lipinski definition) is 0. The van der Waals surface area contributed by atoms with Crippen molar-refractivity contribution in [3.8, 4) is 0 Å². The van der Waals surface area contributed by atoms with Gasteiger partial charge in [0.1, 0.15) is 0 Å². The maximum Gasteiger partial charge on any atom is 0.451 e. The smallest absolute Gasteiger partial charge is 0.234 e. The fourth-order valence-corrected chi connectivity index (χ4v) is 1.86. The van der Waals surface area contributed by atoms with Gasteiger partial charge < -0.3 is 0 Å². The lowest BCUT2D eigenvalue weighted by atomic mass is 9.88. The number of hydrogen-bond donors (Lipinski definition) is 1. The van der Waals surface area contributed by atoms with Crippen molar-refractivity contribution in [1.29, 1.82) is 0 Å². The topological polar surface area (TPSA) is 14.0 Å². The first-order chi connectivity index (χ1) is 6.57. The van der Waals surface area contributed by atoms with Gasteiger partial charge in [-0.25, -0.2) is 4.99 Å². The van der Waals surface area contributed by atoms with E-state index in [0.717, 1.165) is 0 Å². The van der Waals surface area contributed by atoms with Gasteiger partial charge in [-0.2, -0.15) is 13.2 Å². The SMILES string of the molecule is FC(F)(F)C1CCC2C=CC=CC2=[NH+]1. The molecule has 0 saturated carbocycles. The number of nitrogens with one attached hydrogen (secondary N) is 1. The Balaban J connectivity index is 2.22. The van der Waals surface area contributed by atoms with Crippen LogP contribution in [0, 0.1) is 5.92 Å². The van der Waals surface area contributed by atoms with E-state index in [1.807, 2.05) is 12.2 Å². The molecular formula is C10H11F3N+. The van der Waals surface area contributed by atoms with Crippen LogP contribution in [0.15, 0.2) is 24.3 Å². The molecule has 0 aromatic carbocycles. The molecule has 76 valence electrons. The Labute approximate surface area is 80.0 Å². The van der Waals surface area contributed by atoms with E-state index in [4.69, 9.17) is 0 Å². The molecule has 0 saturated heterocycles. The minimum Gasteiger partial charge on any atom is -0.234 e. The van der Waals surface area contributed by atoms with Gasteiger partial charge in [-0.15, -0.1) is 0 Å². The van der Waals surface area contributed by atoms with Crippen molar-refractivity contribution < 1.29 is 18.2 Å². The monoisotopic (exact) mass is 202 g/mol. The van der Waals surface area contributed by atoms with Gasteiger partial charge in [0.15, 0.2) is 5.71 Å². The Morgan fingerprint density at radius 3 is 2.71 bits per heavy atom. The highest BCUT2D eigenvalue weighted by Gasteiger charge is 2.47. The van der Waals surface area contributed by atoms with Crippen LogP contribution in [-0.4, -0.2) is 17.9 Å². The quantitative estimate of drug-likeness (QED) is 0.602. The third-order valence-electron chi connectivity index (χ3n) is 2.63. The lowest BCUT2D eigenvalue weighted by molar-refractivity contribution is -0.555. The normalized spacial score (nSPS) is 31.2. The first kappa shape index (κ1) is 9.49. The van der Waals surface area contributed by atoms with E-state index < -0.39 is 12.2 Å². The highest BCUT2D eigenvalue weighted by atomic mass is 19.4. The average molecular weight is 202 g/mol. The Hall–Kier alpha value is -1.06. The van der Waals surface area contributed by atoms with Crippen LogP contribution in [0.5, 0.6) is 0 Å². The number of fused-ring (bicyclic) bond motifs is 1. The molecule has 0 fully saturated rings. The molecule has 2 aliphatic rings. The van der Waals surface area contributed by atoms with Gasteiger partial charge in [-0.1, -0.05) is 18.2 Å². The third kappa shape index (κ3) is 1.74. The zero-order valence-electron chi connectivity index (χ0n) is 7.51. The standard InChI is InChI=1S/C10H10F3N/c11-10(12,13)9-6-5-7-3-1-2-4-8(7)14-9/h1-4,7,9H,5-6H2/p+1. The molecule has 1 N–H and O–H groups in total. The molecule has 1 heterocycles. The summed E-state index contributed by atoms with van der Waals surface area (Å²) >= 11 is 0. The van der Waals surface area contributed by atoms with Gasteiger partial charge in [-0.3, -0.25) is 0 Å². The average Bonchev–Trinajstić information content (AvgIpc) is 2.16. The predicted molar refractivity (Wildman–Crippen MR) is 46.8 cm³/mol. The zero-order chi connectivity index (χ0) is 10.2. The van der Waals surface area contributed by atoms with E-state index in [2.05, 4.69) is 4.99 Å². The number of rotatable bonds is 0.